The molecule has 0 fully saturated rings. The van der Waals surface area contributed by atoms with Gasteiger partial charge < -0.3 is 10.4 Å². The molecule has 0 atom stereocenters. The second kappa shape index (κ2) is 3.11. The van der Waals surface area contributed by atoms with Crippen LogP contribution < -0.4 is 5.32 Å². The van der Waals surface area contributed by atoms with Crippen molar-refractivity contribution in [2.45, 2.75) is 6.92 Å². The van der Waals surface area contributed by atoms with Crippen molar-refractivity contribution in [2.75, 3.05) is 11.9 Å². The molecule has 0 bridgehead atoms. The second-order valence-electron chi connectivity index (χ2n) is 2.08. The van der Waals surface area contributed by atoms with E-state index in [1.807, 2.05) is 19.1 Å². The number of rotatable bonds is 2. The van der Waals surface area contributed by atoms with Crippen LogP contribution in [0.15, 0.2) is 24.3 Å². The van der Waals surface area contributed by atoms with Crippen molar-refractivity contribution in [3.63, 3.8) is 0 Å². The average Bonchev–Trinajstić information content (AvgIpc) is 1.95. The molecule has 2 heteroatoms. The van der Waals surface area contributed by atoms with E-state index >= 15 is 0 Å². The Kier molecular flexibility index (Phi) is 2.15. The van der Waals surface area contributed by atoms with Crippen LogP contribution in [0, 0.1) is 0 Å². The molecule has 0 aliphatic carbocycles. The first-order valence-corrected chi connectivity index (χ1v) is 3.36. The Morgan fingerprint density at radius 2 is 1.90 bits per heavy atom. The molecule has 0 saturated heterocycles. The third-order valence-electron chi connectivity index (χ3n) is 1.25. The third-order valence-corrected chi connectivity index (χ3v) is 1.25. The Morgan fingerprint density at radius 1 is 1.30 bits per heavy atom. The first-order valence-electron chi connectivity index (χ1n) is 3.36. The van der Waals surface area contributed by atoms with E-state index in [9.17, 15) is 0 Å². The fourth-order valence-corrected chi connectivity index (χ4v) is 0.783. The van der Waals surface area contributed by atoms with Gasteiger partial charge in [0.15, 0.2) is 0 Å². The van der Waals surface area contributed by atoms with Crippen LogP contribution >= 0.6 is 0 Å². The first-order chi connectivity index (χ1) is 4.83. The zero-order chi connectivity index (χ0) is 7.40. The van der Waals surface area contributed by atoms with Crippen molar-refractivity contribution in [3.05, 3.63) is 24.3 Å². The topological polar surface area (TPSA) is 32.3 Å². The Labute approximate surface area is 60.5 Å². The molecule has 1 aromatic carbocycles. The number of phenolic OH excluding ortho intramolecular Hbond substituents is 1. The maximum Gasteiger partial charge on any atom is 0.115 e. The van der Waals surface area contributed by atoms with E-state index in [4.69, 9.17) is 5.11 Å². The predicted octanol–water partition coefficient (Wildman–Crippen LogP) is 1.82. The molecule has 0 saturated carbocycles. The summed E-state index contributed by atoms with van der Waals surface area (Å²) in [5.41, 5.74) is 1.04. The number of benzene rings is 1. The summed E-state index contributed by atoms with van der Waals surface area (Å²) < 4.78 is 0. The normalized spacial score (nSPS) is 9.30. The molecule has 54 valence electrons. The molecule has 0 aromatic heterocycles. The van der Waals surface area contributed by atoms with E-state index in [0.717, 1.165) is 12.2 Å². The highest BCUT2D eigenvalue weighted by molar-refractivity contribution is 5.45. The van der Waals surface area contributed by atoms with Gasteiger partial charge in [0.1, 0.15) is 5.75 Å². The number of phenols is 1. The predicted molar refractivity (Wildman–Crippen MR) is 42.3 cm³/mol. The fourth-order valence-electron chi connectivity index (χ4n) is 0.783. The highest BCUT2D eigenvalue weighted by Crippen LogP contribution is 2.12. The van der Waals surface area contributed by atoms with Gasteiger partial charge in [0.25, 0.3) is 0 Å². The number of anilines is 1. The maximum atomic E-state index is 8.90. The lowest BCUT2D eigenvalue weighted by Gasteiger charge is -2.00. The molecule has 0 radical (unpaired) electrons. The SMILES string of the molecule is CCNc1ccc(O)cc1. The summed E-state index contributed by atoms with van der Waals surface area (Å²) >= 11 is 0. The van der Waals surface area contributed by atoms with E-state index < -0.39 is 0 Å². The molecule has 0 aliphatic rings. The van der Waals surface area contributed by atoms with Crippen molar-refractivity contribution >= 4 is 5.69 Å². The third kappa shape index (κ3) is 1.65. The van der Waals surface area contributed by atoms with Crippen LogP contribution in [0.5, 0.6) is 5.75 Å². The van der Waals surface area contributed by atoms with Gasteiger partial charge in [0, 0.05) is 12.2 Å². The van der Waals surface area contributed by atoms with Gasteiger partial charge >= 0.3 is 0 Å². The molecular weight excluding hydrogens is 126 g/mol. The van der Waals surface area contributed by atoms with Gasteiger partial charge in [-0.1, -0.05) is 0 Å². The van der Waals surface area contributed by atoms with E-state index in [1.165, 1.54) is 0 Å². The largest absolute Gasteiger partial charge is 0.508 e. The highest BCUT2D eigenvalue weighted by Gasteiger charge is 1.87. The number of aromatic hydroxyl groups is 1. The van der Waals surface area contributed by atoms with Crippen molar-refractivity contribution in [2.24, 2.45) is 0 Å². The van der Waals surface area contributed by atoms with Gasteiger partial charge in [-0.25, -0.2) is 0 Å². The minimum atomic E-state index is 0.307. The highest BCUT2D eigenvalue weighted by atomic mass is 16.3. The Hall–Kier alpha value is -1.18. The van der Waals surface area contributed by atoms with Crippen molar-refractivity contribution < 1.29 is 5.11 Å². The molecule has 1 aromatic rings. The van der Waals surface area contributed by atoms with Crippen LogP contribution in [0.1, 0.15) is 6.92 Å². The Balaban J connectivity index is 2.69. The van der Waals surface area contributed by atoms with E-state index in [1.54, 1.807) is 12.1 Å². The maximum absolute atomic E-state index is 8.90. The van der Waals surface area contributed by atoms with Crippen LogP contribution in [-0.4, -0.2) is 11.7 Å². The minimum absolute atomic E-state index is 0.307. The molecular formula is C8H11NO. The van der Waals surface area contributed by atoms with Gasteiger partial charge in [-0.15, -0.1) is 0 Å². The molecule has 2 N–H and O–H groups in total. The molecule has 0 heterocycles. The fraction of sp³-hybridized carbons (Fsp3) is 0.250. The van der Waals surface area contributed by atoms with Gasteiger partial charge in [-0.2, -0.15) is 0 Å². The second-order valence-corrected chi connectivity index (χ2v) is 2.08. The summed E-state index contributed by atoms with van der Waals surface area (Å²) in [7, 11) is 0. The molecule has 0 aliphatic heterocycles. The lowest BCUT2D eigenvalue weighted by atomic mass is 10.3. The molecule has 0 amide bonds. The van der Waals surface area contributed by atoms with Gasteiger partial charge in [0.2, 0.25) is 0 Å². The minimum Gasteiger partial charge on any atom is -0.508 e. The summed E-state index contributed by atoms with van der Waals surface area (Å²) in [6.45, 7) is 2.94. The van der Waals surface area contributed by atoms with Crippen molar-refractivity contribution in [1.82, 2.24) is 0 Å². The smallest absolute Gasteiger partial charge is 0.115 e. The quantitative estimate of drug-likeness (QED) is 0.609. The van der Waals surface area contributed by atoms with E-state index in [-0.39, 0.29) is 0 Å². The van der Waals surface area contributed by atoms with Gasteiger partial charge in [-0.3, -0.25) is 0 Å². The van der Waals surface area contributed by atoms with Crippen LogP contribution in [0.3, 0.4) is 0 Å². The van der Waals surface area contributed by atoms with Crippen LogP contribution in [0.2, 0.25) is 0 Å². The number of hydrogen-bond donors (Lipinski definition) is 2. The van der Waals surface area contributed by atoms with Gasteiger partial charge in [0.05, 0.1) is 0 Å². The lowest BCUT2D eigenvalue weighted by molar-refractivity contribution is 0.475. The van der Waals surface area contributed by atoms with Crippen LogP contribution in [0.25, 0.3) is 0 Å². The van der Waals surface area contributed by atoms with Crippen molar-refractivity contribution in [3.8, 4) is 5.75 Å². The monoisotopic (exact) mass is 137 g/mol. The summed E-state index contributed by atoms with van der Waals surface area (Å²) in [5, 5.41) is 12.0. The van der Waals surface area contributed by atoms with E-state index in [2.05, 4.69) is 5.32 Å². The molecule has 1 rings (SSSR count). The van der Waals surface area contributed by atoms with Crippen molar-refractivity contribution in [1.29, 1.82) is 0 Å². The standard InChI is InChI=1S/C8H11NO/c1-2-9-7-3-5-8(10)6-4-7/h3-6,9-10H,2H2,1H3. The summed E-state index contributed by atoms with van der Waals surface area (Å²) in [5.74, 6) is 0.307. The van der Waals surface area contributed by atoms with Crippen LogP contribution in [-0.2, 0) is 0 Å². The average molecular weight is 137 g/mol. The van der Waals surface area contributed by atoms with Crippen LogP contribution in [0.4, 0.5) is 5.69 Å². The Morgan fingerprint density at radius 3 is 2.40 bits per heavy atom. The lowest BCUT2D eigenvalue weighted by Crippen LogP contribution is -1.94. The summed E-state index contributed by atoms with van der Waals surface area (Å²) in [6.07, 6.45) is 0. The zero-order valence-electron chi connectivity index (χ0n) is 5.96. The Bertz CT molecular complexity index is 193. The number of nitrogens with one attached hydrogen (secondary N) is 1. The van der Waals surface area contributed by atoms with E-state index in [0.29, 0.717) is 5.75 Å². The summed E-state index contributed by atoms with van der Waals surface area (Å²) in [4.78, 5) is 0. The molecule has 2 nitrogen and oxygen atoms in total. The first kappa shape index (κ1) is 6.93. The number of hydrogen-bond acceptors (Lipinski definition) is 2. The molecule has 0 spiro atoms. The molecule has 0 unspecified atom stereocenters. The van der Waals surface area contributed by atoms with Gasteiger partial charge in [-0.05, 0) is 31.2 Å². The molecule has 10 heavy (non-hydrogen) atoms. The zero-order valence-corrected chi connectivity index (χ0v) is 5.96. The summed E-state index contributed by atoms with van der Waals surface area (Å²) in [6, 6.07) is 7.02.